The number of hydrogen-bond acceptors (Lipinski definition) is 1. The maximum Gasteiger partial charge on any atom is 0.0543 e. The average molecular weight is 718 g/mol. The molecule has 0 saturated heterocycles. The summed E-state index contributed by atoms with van der Waals surface area (Å²) in [6.07, 6.45) is 7.25. The second-order valence-electron chi connectivity index (χ2n) is 19.5. The largest absolute Gasteiger partial charge is 0.310 e. The van der Waals surface area contributed by atoms with Crippen LogP contribution in [-0.2, 0) is 34.5 Å². The van der Waals surface area contributed by atoms with Crippen molar-refractivity contribution in [1.82, 2.24) is 0 Å². The Morgan fingerprint density at radius 1 is 0.400 bits per heavy atom. The molecule has 276 valence electrons. The number of hydrogen-bond donors (Lipinski definition) is 0. The first kappa shape index (κ1) is 34.6. The third kappa shape index (κ3) is 5.04. The van der Waals surface area contributed by atoms with Crippen LogP contribution in [0.3, 0.4) is 0 Å². The third-order valence-corrected chi connectivity index (χ3v) is 14.5. The van der Waals surface area contributed by atoms with Gasteiger partial charge in [-0.3, -0.25) is 0 Å². The van der Waals surface area contributed by atoms with Gasteiger partial charge in [-0.15, -0.1) is 0 Å². The highest BCUT2D eigenvalue weighted by Crippen LogP contribution is 2.57. The molecule has 0 aliphatic heterocycles. The highest BCUT2D eigenvalue weighted by molar-refractivity contribution is 5.96. The predicted molar refractivity (Wildman–Crippen MR) is 234 cm³/mol. The molecule has 6 aromatic rings. The number of nitrogens with zero attached hydrogens (tertiary/aromatic N) is 1. The summed E-state index contributed by atoms with van der Waals surface area (Å²) in [5.41, 5.74) is 23.6. The van der Waals surface area contributed by atoms with E-state index >= 15 is 0 Å². The van der Waals surface area contributed by atoms with E-state index in [1.807, 2.05) is 0 Å². The molecular weight excluding hydrogens is 663 g/mol. The lowest BCUT2D eigenvalue weighted by Crippen LogP contribution is -2.34. The molecule has 1 heteroatoms. The first-order valence-electron chi connectivity index (χ1n) is 20.9. The van der Waals surface area contributed by atoms with Gasteiger partial charge in [-0.1, -0.05) is 134 Å². The molecule has 0 radical (unpaired) electrons. The molecule has 55 heavy (non-hydrogen) atoms. The maximum absolute atomic E-state index is 2.64. The van der Waals surface area contributed by atoms with Crippen molar-refractivity contribution in [2.75, 3.05) is 4.90 Å². The average Bonchev–Trinajstić information content (AvgIpc) is 3.55. The summed E-state index contributed by atoms with van der Waals surface area (Å²) in [6, 6.07) is 45.3. The van der Waals surface area contributed by atoms with Crippen molar-refractivity contribution in [2.45, 2.75) is 116 Å². The molecule has 0 bridgehead atoms. The topological polar surface area (TPSA) is 3.24 Å². The number of rotatable bonds is 4. The van der Waals surface area contributed by atoms with Crippen LogP contribution in [0.15, 0.2) is 115 Å². The van der Waals surface area contributed by atoms with Crippen LogP contribution in [-0.4, -0.2) is 0 Å². The number of aryl methyl sites for hydroxylation is 2. The van der Waals surface area contributed by atoms with Crippen molar-refractivity contribution in [3.63, 3.8) is 0 Å². The van der Waals surface area contributed by atoms with E-state index < -0.39 is 0 Å². The Morgan fingerprint density at radius 2 is 0.945 bits per heavy atom. The van der Waals surface area contributed by atoms with Gasteiger partial charge in [-0.05, 0) is 158 Å². The molecule has 0 spiro atoms. The fraction of sp³-hybridized carbons (Fsp3) is 0.333. The first-order valence-corrected chi connectivity index (χ1v) is 20.9. The Labute approximate surface area is 329 Å². The van der Waals surface area contributed by atoms with Crippen LogP contribution in [0.25, 0.3) is 33.4 Å². The van der Waals surface area contributed by atoms with Gasteiger partial charge in [0.1, 0.15) is 0 Å². The van der Waals surface area contributed by atoms with E-state index in [9.17, 15) is 0 Å². The highest BCUT2D eigenvalue weighted by atomic mass is 15.1. The van der Waals surface area contributed by atoms with Crippen molar-refractivity contribution >= 4 is 17.1 Å². The monoisotopic (exact) mass is 717 g/mol. The lowest BCUT2D eigenvalue weighted by Gasteiger charge is -2.43. The molecule has 0 heterocycles. The van der Waals surface area contributed by atoms with Gasteiger partial charge < -0.3 is 4.90 Å². The summed E-state index contributed by atoms with van der Waals surface area (Å²) in [7, 11) is 0. The second-order valence-corrected chi connectivity index (χ2v) is 19.5. The SMILES string of the molecule is CC1(C)CCC(C)(C)c2c(-c3cc4c(cc3N(c3ccc5c(c3)CCCC5)c3ccc5c(c3)C(C)(C)c3ccccc3-5)C(C)(C)c3ccccc3-4)cccc21. The Bertz CT molecular complexity index is 2560. The van der Waals surface area contributed by atoms with Gasteiger partial charge in [-0.2, -0.15) is 0 Å². The van der Waals surface area contributed by atoms with Crippen molar-refractivity contribution < 1.29 is 0 Å². The number of benzene rings is 6. The van der Waals surface area contributed by atoms with Crippen LogP contribution in [0.2, 0.25) is 0 Å². The van der Waals surface area contributed by atoms with E-state index in [4.69, 9.17) is 0 Å². The fourth-order valence-electron chi connectivity index (χ4n) is 11.2. The molecule has 0 amide bonds. The van der Waals surface area contributed by atoms with Crippen LogP contribution in [0.4, 0.5) is 17.1 Å². The minimum Gasteiger partial charge on any atom is -0.310 e. The standard InChI is InChI=1S/C54H55N/c1-51(2)28-29-52(3,4)50-41(20-15-23-46(50)51)43-32-42-39-19-12-14-22-45(39)54(7,8)48(42)33-49(43)55(36-25-24-34-16-9-10-17-35(34)30-36)37-26-27-40-38-18-11-13-21-44(38)53(5,6)47(40)31-37/h11-15,18-27,30-33H,9-10,16-17,28-29H2,1-8H3. The van der Waals surface area contributed by atoms with E-state index in [-0.39, 0.29) is 21.7 Å². The lowest BCUT2D eigenvalue weighted by atomic mass is 9.61. The Kier molecular flexibility index (Phi) is 7.43. The highest BCUT2D eigenvalue weighted by Gasteiger charge is 2.42. The minimum atomic E-state index is -0.125. The second kappa shape index (κ2) is 11.8. The summed E-state index contributed by atoms with van der Waals surface area (Å²) >= 11 is 0. The molecule has 0 N–H and O–H groups in total. The molecule has 4 aliphatic carbocycles. The Hall–Kier alpha value is -4.88. The smallest absolute Gasteiger partial charge is 0.0543 e. The summed E-state index contributed by atoms with van der Waals surface area (Å²) < 4.78 is 0. The zero-order chi connectivity index (χ0) is 38.1. The summed E-state index contributed by atoms with van der Waals surface area (Å²) in [6.45, 7) is 19.5. The van der Waals surface area contributed by atoms with E-state index in [0.29, 0.717) is 0 Å². The van der Waals surface area contributed by atoms with Crippen LogP contribution >= 0.6 is 0 Å². The van der Waals surface area contributed by atoms with Crippen LogP contribution in [0.5, 0.6) is 0 Å². The van der Waals surface area contributed by atoms with Gasteiger partial charge in [0.25, 0.3) is 0 Å². The van der Waals surface area contributed by atoms with Gasteiger partial charge >= 0.3 is 0 Å². The first-order chi connectivity index (χ1) is 26.3. The molecule has 0 aromatic heterocycles. The van der Waals surface area contributed by atoms with Gasteiger partial charge in [0.2, 0.25) is 0 Å². The van der Waals surface area contributed by atoms with E-state index in [1.165, 1.54) is 127 Å². The molecule has 0 atom stereocenters. The predicted octanol–water partition coefficient (Wildman–Crippen LogP) is 14.7. The Morgan fingerprint density at radius 3 is 1.67 bits per heavy atom. The van der Waals surface area contributed by atoms with Crippen molar-refractivity contribution in [3.05, 3.63) is 160 Å². The Balaban J connectivity index is 1.30. The zero-order valence-electron chi connectivity index (χ0n) is 34.2. The molecule has 6 aromatic carbocycles. The molecule has 1 nitrogen and oxygen atoms in total. The van der Waals surface area contributed by atoms with Gasteiger partial charge in [-0.25, -0.2) is 0 Å². The van der Waals surface area contributed by atoms with E-state index in [2.05, 4.69) is 176 Å². The summed E-state index contributed by atoms with van der Waals surface area (Å²) in [5, 5.41) is 0. The molecule has 0 fully saturated rings. The third-order valence-electron chi connectivity index (χ3n) is 14.5. The molecule has 0 unspecified atom stereocenters. The van der Waals surface area contributed by atoms with Crippen LogP contribution < -0.4 is 4.90 Å². The molecule has 4 aliphatic rings. The van der Waals surface area contributed by atoms with Crippen LogP contribution in [0.1, 0.15) is 126 Å². The van der Waals surface area contributed by atoms with Crippen molar-refractivity contribution in [1.29, 1.82) is 0 Å². The number of fused-ring (bicyclic) bond motifs is 8. The zero-order valence-corrected chi connectivity index (χ0v) is 34.2. The molecule has 0 saturated carbocycles. The quantitative estimate of drug-likeness (QED) is 0.175. The number of anilines is 3. The molecular formula is C54H55N. The lowest BCUT2D eigenvalue weighted by molar-refractivity contribution is 0.333. The van der Waals surface area contributed by atoms with Gasteiger partial charge in [0.05, 0.1) is 5.69 Å². The van der Waals surface area contributed by atoms with Crippen molar-refractivity contribution in [3.8, 4) is 33.4 Å². The van der Waals surface area contributed by atoms with E-state index in [1.54, 1.807) is 0 Å². The summed E-state index contributed by atoms with van der Waals surface area (Å²) in [4.78, 5) is 2.64. The maximum atomic E-state index is 2.64. The fourth-order valence-corrected chi connectivity index (χ4v) is 11.2. The normalized spacial score (nSPS) is 18.7. The summed E-state index contributed by atoms with van der Waals surface area (Å²) in [5.74, 6) is 0. The van der Waals surface area contributed by atoms with Gasteiger partial charge in [0.15, 0.2) is 0 Å². The van der Waals surface area contributed by atoms with Crippen LogP contribution in [0, 0.1) is 0 Å². The van der Waals surface area contributed by atoms with Gasteiger partial charge in [0, 0.05) is 27.8 Å². The van der Waals surface area contributed by atoms with E-state index in [0.717, 1.165) is 6.42 Å². The minimum absolute atomic E-state index is 0.0505. The molecule has 10 rings (SSSR count). The van der Waals surface area contributed by atoms with Crippen molar-refractivity contribution in [2.24, 2.45) is 0 Å².